The second-order valence-corrected chi connectivity index (χ2v) is 4.21. The summed E-state index contributed by atoms with van der Waals surface area (Å²) in [6.45, 7) is 0.682. The van der Waals surface area contributed by atoms with Gasteiger partial charge in [0.25, 0.3) is 0 Å². The molecule has 0 saturated carbocycles. The first-order valence-electron chi connectivity index (χ1n) is 5.10. The van der Waals surface area contributed by atoms with Crippen molar-refractivity contribution in [1.82, 2.24) is 0 Å². The highest BCUT2D eigenvalue weighted by Crippen LogP contribution is 2.24. The topological polar surface area (TPSA) is 18.5 Å². The van der Waals surface area contributed by atoms with Crippen LogP contribution in [0.3, 0.4) is 0 Å². The first kappa shape index (κ1) is 11.3. The minimum absolute atomic E-state index is 0.682. The number of methoxy groups -OCH3 is 1. The van der Waals surface area contributed by atoms with E-state index in [1.54, 1.807) is 7.11 Å². The summed E-state index contributed by atoms with van der Waals surface area (Å²) in [5.41, 5.74) is 0. The van der Waals surface area contributed by atoms with Gasteiger partial charge in [-0.2, -0.15) is 0 Å². The molecule has 0 amide bonds. The third-order valence-corrected chi connectivity index (χ3v) is 2.69. The fraction of sp³-hybridized carbons (Fsp3) is 0.231. The van der Waals surface area contributed by atoms with Crippen LogP contribution in [0.2, 0.25) is 0 Å². The van der Waals surface area contributed by atoms with Crippen molar-refractivity contribution in [1.29, 1.82) is 0 Å². The monoisotopic (exact) mass is 280 g/mol. The van der Waals surface area contributed by atoms with Crippen LogP contribution in [0.4, 0.5) is 0 Å². The van der Waals surface area contributed by atoms with Gasteiger partial charge in [-0.05, 0) is 35.0 Å². The predicted molar refractivity (Wildman–Crippen MR) is 69.8 cm³/mol. The average molecular weight is 281 g/mol. The Bertz CT molecular complexity index is 482. The van der Waals surface area contributed by atoms with Crippen molar-refractivity contribution in [3.63, 3.8) is 0 Å². The molecule has 2 rings (SSSR count). The molecule has 0 aromatic heterocycles. The zero-order valence-corrected chi connectivity index (χ0v) is 10.7. The maximum Gasteiger partial charge on any atom is 0.119 e. The fourth-order valence-electron chi connectivity index (χ4n) is 1.58. The maximum absolute atomic E-state index is 5.54. The summed E-state index contributed by atoms with van der Waals surface area (Å²) in [6.07, 6.45) is 0. The van der Waals surface area contributed by atoms with Crippen LogP contribution in [-0.4, -0.2) is 19.0 Å². The van der Waals surface area contributed by atoms with E-state index in [0.717, 1.165) is 27.6 Å². The van der Waals surface area contributed by atoms with E-state index in [-0.39, 0.29) is 0 Å². The minimum atomic E-state index is 0.682. The van der Waals surface area contributed by atoms with Gasteiger partial charge in [0.15, 0.2) is 0 Å². The van der Waals surface area contributed by atoms with Crippen molar-refractivity contribution in [2.45, 2.75) is 0 Å². The van der Waals surface area contributed by atoms with Gasteiger partial charge in [-0.1, -0.05) is 28.1 Å². The van der Waals surface area contributed by atoms with Crippen LogP contribution in [0.1, 0.15) is 0 Å². The Balaban J connectivity index is 2.32. The Morgan fingerprint density at radius 2 is 1.62 bits per heavy atom. The summed E-state index contributed by atoms with van der Waals surface area (Å²) in [4.78, 5) is 0. The molecule has 0 spiro atoms. The maximum atomic E-state index is 5.54. The molecule has 0 aliphatic rings. The number of alkyl halides is 1. The molecule has 84 valence electrons. The van der Waals surface area contributed by atoms with Gasteiger partial charge in [-0.15, -0.1) is 0 Å². The molecular formula is C13H13BrO2. The van der Waals surface area contributed by atoms with Gasteiger partial charge < -0.3 is 9.47 Å². The van der Waals surface area contributed by atoms with E-state index >= 15 is 0 Å². The number of fused-ring (bicyclic) bond motifs is 1. The summed E-state index contributed by atoms with van der Waals surface area (Å²) < 4.78 is 10.7. The van der Waals surface area contributed by atoms with E-state index in [2.05, 4.69) is 15.9 Å². The number of halogens is 1. The van der Waals surface area contributed by atoms with Gasteiger partial charge in [-0.25, -0.2) is 0 Å². The molecule has 2 aromatic rings. The first-order chi connectivity index (χ1) is 7.83. The third kappa shape index (κ3) is 2.47. The van der Waals surface area contributed by atoms with E-state index in [9.17, 15) is 0 Å². The molecule has 0 fully saturated rings. The molecule has 0 aliphatic heterocycles. The van der Waals surface area contributed by atoms with Gasteiger partial charge in [0.2, 0.25) is 0 Å². The lowest BCUT2D eigenvalue weighted by Gasteiger charge is -2.06. The van der Waals surface area contributed by atoms with E-state index in [1.165, 1.54) is 0 Å². The second-order valence-electron chi connectivity index (χ2n) is 3.41. The molecule has 0 radical (unpaired) electrons. The van der Waals surface area contributed by atoms with Crippen molar-refractivity contribution in [3.05, 3.63) is 36.4 Å². The van der Waals surface area contributed by atoms with E-state index in [4.69, 9.17) is 9.47 Å². The highest BCUT2D eigenvalue weighted by atomic mass is 79.9. The number of benzene rings is 2. The summed E-state index contributed by atoms with van der Waals surface area (Å²) >= 11 is 3.33. The molecule has 3 heteroatoms. The average Bonchev–Trinajstić information content (AvgIpc) is 2.35. The number of ether oxygens (including phenoxy) is 2. The normalized spacial score (nSPS) is 10.4. The predicted octanol–water partition coefficient (Wildman–Crippen LogP) is 3.62. The number of rotatable bonds is 4. The summed E-state index contributed by atoms with van der Waals surface area (Å²) in [7, 11) is 1.68. The van der Waals surface area contributed by atoms with Crippen LogP contribution in [0.5, 0.6) is 11.5 Å². The van der Waals surface area contributed by atoms with Crippen molar-refractivity contribution in [2.75, 3.05) is 19.0 Å². The summed E-state index contributed by atoms with van der Waals surface area (Å²) in [5.74, 6) is 1.78. The molecule has 0 saturated heterocycles. The van der Waals surface area contributed by atoms with Gasteiger partial charge >= 0.3 is 0 Å². The molecule has 0 N–H and O–H groups in total. The molecule has 0 bridgehead atoms. The number of hydrogen-bond donors (Lipinski definition) is 0. The molecule has 16 heavy (non-hydrogen) atoms. The van der Waals surface area contributed by atoms with Crippen LogP contribution >= 0.6 is 15.9 Å². The van der Waals surface area contributed by atoms with Crippen molar-refractivity contribution in [2.24, 2.45) is 0 Å². The van der Waals surface area contributed by atoms with Gasteiger partial charge in [0.05, 0.1) is 13.7 Å². The van der Waals surface area contributed by atoms with E-state index < -0.39 is 0 Å². The highest BCUT2D eigenvalue weighted by molar-refractivity contribution is 9.09. The SMILES string of the molecule is COc1ccc2cc(OCCBr)ccc2c1. The Kier molecular flexibility index (Phi) is 3.67. The van der Waals surface area contributed by atoms with Crippen LogP contribution in [0.15, 0.2) is 36.4 Å². The molecule has 0 aliphatic carbocycles. The Morgan fingerprint density at radius 1 is 1.00 bits per heavy atom. The zero-order chi connectivity index (χ0) is 11.4. The fourth-order valence-corrected chi connectivity index (χ4v) is 1.74. The van der Waals surface area contributed by atoms with E-state index in [1.807, 2.05) is 36.4 Å². The largest absolute Gasteiger partial charge is 0.497 e. The van der Waals surface area contributed by atoms with Crippen LogP contribution < -0.4 is 9.47 Å². The Labute approximate surface area is 103 Å². The molecule has 0 unspecified atom stereocenters. The molecule has 0 heterocycles. The van der Waals surface area contributed by atoms with Crippen molar-refractivity contribution < 1.29 is 9.47 Å². The first-order valence-corrected chi connectivity index (χ1v) is 6.22. The third-order valence-electron chi connectivity index (χ3n) is 2.36. The lowest BCUT2D eigenvalue weighted by atomic mass is 10.1. The summed E-state index contributed by atoms with van der Waals surface area (Å²) in [5, 5.41) is 3.16. The number of hydrogen-bond acceptors (Lipinski definition) is 2. The Morgan fingerprint density at radius 3 is 2.25 bits per heavy atom. The Hall–Kier alpha value is -1.22. The standard InChI is InChI=1S/C13H13BrO2/c1-15-12-4-2-11-9-13(16-7-6-14)5-3-10(11)8-12/h2-5,8-9H,6-7H2,1H3. The molecule has 0 atom stereocenters. The van der Waals surface area contributed by atoms with Crippen molar-refractivity contribution >= 4 is 26.7 Å². The van der Waals surface area contributed by atoms with E-state index in [0.29, 0.717) is 6.61 Å². The molecule has 2 aromatic carbocycles. The van der Waals surface area contributed by atoms with Crippen LogP contribution in [0, 0.1) is 0 Å². The smallest absolute Gasteiger partial charge is 0.119 e. The lowest BCUT2D eigenvalue weighted by molar-refractivity contribution is 0.345. The second kappa shape index (κ2) is 5.21. The van der Waals surface area contributed by atoms with Gasteiger partial charge in [0.1, 0.15) is 11.5 Å². The molecule has 2 nitrogen and oxygen atoms in total. The zero-order valence-electron chi connectivity index (χ0n) is 9.07. The van der Waals surface area contributed by atoms with Crippen LogP contribution in [-0.2, 0) is 0 Å². The van der Waals surface area contributed by atoms with Crippen LogP contribution in [0.25, 0.3) is 10.8 Å². The highest BCUT2D eigenvalue weighted by Gasteiger charge is 1.99. The summed E-state index contributed by atoms with van der Waals surface area (Å²) in [6, 6.07) is 12.1. The quantitative estimate of drug-likeness (QED) is 0.797. The van der Waals surface area contributed by atoms with Gasteiger partial charge in [0, 0.05) is 5.33 Å². The molecular weight excluding hydrogens is 268 g/mol. The lowest BCUT2D eigenvalue weighted by Crippen LogP contribution is -1.97. The van der Waals surface area contributed by atoms with Crippen molar-refractivity contribution in [3.8, 4) is 11.5 Å². The minimum Gasteiger partial charge on any atom is -0.497 e. The van der Waals surface area contributed by atoms with Gasteiger partial charge in [-0.3, -0.25) is 0 Å².